The fourth-order valence-corrected chi connectivity index (χ4v) is 4.60. The first-order chi connectivity index (χ1) is 10.8. The average Bonchev–Trinajstić information content (AvgIpc) is 2.95. The third-order valence-electron chi connectivity index (χ3n) is 5.04. The fourth-order valence-electron chi connectivity index (χ4n) is 3.83. The lowest BCUT2D eigenvalue weighted by Crippen LogP contribution is -2.39. The van der Waals surface area contributed by atoms with E-state index in [1.54, 1.807) is 11.3 Å². The van der Waals surface area contributed by atoms with Gasteiger partial charge in [-0.1, -0.05) is 18.2 Å². The maximum Gasteiger partial charge on any atom is 0.150 e. The van der Waals surface area contributed by atoms with Crippen LogP contribution in [-0.4, -0.2) is 30.9 Å². The number of thiophene rings is 1. The average molecular weight is 312 g/mol. The number of carbonyl (C=O) groups excluding carboxylic acids is 1. The van der Waals surface area contributed by atoms with E-state index in [1.165, 1.54) is 28.8 Å². The molecule has 1 N–H and O–H groups in total. The molecule has 1 aromatic heterocycles. The monoisotopic (exact) mass is 312 g/mol. The van der Waals surface area contributed by atoms with Gasteiger partial charge < -0.3 is 0 Å². The summed E-state index contributed by atoms with van der Waals surface area (Å²) >= 11 is 1.75. The summed E-state index contributed by atoms with van der Waals surface area (Å²) in [6.07, 6.45) is 3.47. The van der Waals surface area contributed by atoms with Crippen LogP contribution in [0.4, 0.5) is 0 Å². The van der Waals surface area contributed by atoms with Gasteiger partial charge in [-0.15, -0.1) is 11.3 Å². The zero-order chi connectivity index (χ0) is 14.9. The number of nitrogens with zero attached hydrogens (tertiary/aromatic N) is 1. The van der Waals surface area contributed by atoms with E-state index < -0.39 is 0 Å². The molecule has 3 fully saturated rings. The summed E-state index contributed by atoms with van der Waals surface area (Å²) in [4.78, 5) is 12.4. The minimum atomic E-state index is 0.533. The van der Waals surface area contributed by atoms with Crippen LogP contribution in [0.15, 0.2) is 35.7 Å². The van der Waals surface area contributed by atoms with Crippen LogP contribution >= 0.6 is 11.3 Å². The first-order valence-corrected chi connectivity index (χ1v) is 8.84. The van der Waals surface area contributed by atoms with E-state index in [0.717, 1.165) is 37.4 Å². The zero-order valence-corrected chi connectivity index (χ0v) is 13.3. The van der Waals surface area contributed by atoms with Crippen molar-refractivity contribution < 1.29 is 4.79 Å². The number of hydrazine groups is 1. The topological polar surface area (TPSA) is 32.3 Å². The smallest absolute Gasteiger partial charge is 0.150 e. The number of hydrogen-bond donors (Lipinski definition) is 1. The molecule has 3 saturated heterocycles. The molecule has 3 aliphatic rings. The largest absolute Gasteiger partial charge is 0.298 e. The molecule has 0 aliphatic carbocycles. The van der Waals surface area contributed by atoms with Crippen molar-refractivity contribution >= 4 is 17.6 Å². The minimum absolute atomic E-state index is 0.533. The second-order valence-electron chi connectivity index (χ2n) is 6.24. The van der Waals surface area contributed by atoms with Gasteiger partial charge in [0.2, 0.25) is 0 Å². The molecular weight excluding hydrogens is 292 g/mol. The van der Waals surface area contributed by atoms with Gasteiger partial charge in [-0.3, -0.25) is 10.2 Å². The number of hydrogen-bond acceptors (Lipinski definition) is 4. The number of aldehydes is 1. The summed E-state index contributed by atoms with van der Waals surface area (Å²) in [6, 6.07) is 10.4. The second kappa shape index (κ2) is 5.95. The molecule has 2 aromatic rings. The van der Waals surface area contributed by atoms with Crippen molar-refractivity contribution in [3.05, 3.63) is 46.8 Å². The summed E-state index contributed by atoms with van der Waals surface area (Å²) < 4.78 is 0. The van der Waals surface area contributed by atoms with Gasteiger partial charge in [0.15, 0.2) is 0 Å². The third kappa shape index (κ3) is 2.51. The zero-order valence-electron chi connectivity index (χ0n) is 12.5. The normalized spacial score (nSPS) is 27.5. The molecule has 4 heterocycles. The van der Waals surface area contributed by atoms with Crippen molar-refractivity contribution in [2.75, 3.05) is 19.6 Å². The molecule has 0 spiro atoms. The number of carbonyl (C=O) groups is 1. The van der Waals surface area contributed by atoms with Crippen LogP contribution in [0.2, 0.25) is 0 Å². The molecule has 1 unspecified atom stereocenters. The van der Waals surface area contributed by atoms with E-state index in [-0.39, 0.29) is 0 Å². The Kier molecular flexibility index (Phi) is 3.82. The second-order valence-corrected chi connectivity index (χ2v) is 7.18. The SMILES string of the molecule is O=Cc1ccc(C2CNN3CCC2CC3)c(-c2cccs2)c1. The molecule has 0 amide bonds. The van der Waals surface area contributed by atoms with Gasteiger partial charge in [-0.05, 0) is 47.4 Å². The highest BCUT2D eigenvalue weighted by Crippen LogP contribution is 2.40. The lowest BCUT2D eigenvalue weighted by Gasteiger charge is -2.29. The molecule has 0 saturated carbocycles. The number of fused-ring (bicyclic) bond motifs is 4. The molecule has 3 nitrogen and oxygen atoms in total. The Morgan fingerprint density at radius 2 is 2.09 bits per heavy atom. The molecular formula is C18H20N2OS. The first-order valence-electron chi connectivity index (χ1n) is 7.96. The predicted octanol–water partition coefficient (Wildman–Crippen LogP) is 3.54. The van der Waals surface area contributed by atoms with Crippen molar-refractivity contribution in [2.24, 2.45) is 5.92 Å². The van der Waals surface area contributed by atoms with E-state index >= 15 is 0 Å². The van der Waals surface area contributed by atoms with Crippen LogP contribution < -0.4 is 5.43 Å². The lowest BCUT2D eigenvalue weighted by molar-refractivity contribution is 0.112. The number of rotatable bonds is 3. The summed E-state index contributed by atoms with van der Waals surface area (Å²) in [5.41, 5.74) is 7.00. The summed E-state index contributed by atoms with van der Waals surface area (Å²) in [7, 11) is 0. The first kappa shape index (κ1) is 14.1. The van der Waals surface area contributed by atoms with Crippen molar-refractivity contribution in [1.82, 2.24) is 10.4 Å². The van der Waals surface area contributed by atoms with Crippen molar-refractivity contribution in [3.63, 3.8) is 0 Å². The molecule has 0 radical (unpaired) electrons. The van der Waals surface area contributed by atoms with Crippen LogP contribution in [0.3, 0.4) is 0 Å². The van der Waals surface area contributed by atoms with Gasteiger partial charge in [-0.2, -0.15) is 0 Å². The molecule has 22 heavy (non-hydrogen) atoms. The highest BCUT2D eigenvalue weighted by Gasteiger charge is 2.33. The van der Waals surface area contributed by atoms with Gasteiger partial charge in [0.1, 0.15) is 6.29 Å². The van der Waals surface area contributed by atoms with E-state index in [2.05, 4.69) is 40.1 Å². The lowest BCUT2D eigenvalue weighted by atomic mass is 9.79. The van der Waals surface area contributed by atoms with Gasteiger partial charge in [0.05, 0.1) is 0 Å². The Hall–Kier alpha value is -1.49. The Labute approximate surface area is 134 Å². The molecule has 1 atom stereocenters. The molecule has 5 rings (SSSR count). The Bertz CT molecular complexity index is 660. The number of nitrogens with one attached hydrogen (secondary N) is 1. The Morgan fingerprint density at radius 3 is 2.82 bits per heavy atom. The van der Waals surface area contributed by atoms with Crippen LogP contribution in [0.5, 0.6) is 0 Å². The van der Waals surface area contributed by atoms with Gasteiger partial charge in [-0.25, -0.2) is 5.01 Å². The van der Waals surface area contributed by atoms with Crippen LogP contribution in [0, 0.1) is 5.92 Å². The number of piperidine rings is 1. The van der Waals surface area contributed by atoms with E-state index in [9.17, 15) is 4.79 Å². The molecule has 114 valence electrons. The highest BCUT2D eigenvalue weighted by atomic mass is 32.1. The van der Waals surface area contributed by atoms with Crippen LogP contribution in [-0.2, 0) is 0 Å². The van der Waals surface area contributed by atoms with Gasteiger partial charge in [0, 0.05) is 36.0 Å². The fraction of sp³-hybridized carbons (Fsp3) is 0.389. The third-order valence-corrected chi connectivity index (χ3v) is 5.95. The predicted molar refractivity (Wildman–Crippen MR) is 90.2 cm³/mol. The summed E-state index contributed by atoms with van der Waals surface area (Å²) in [6.45, 7) is 3.31. The van der Waals surface area contributed by atoms with Crippen molar-refractivity contribution in [3.8, 4) is 10.4 Å². The van der Waals surface area contributed by atoms with E-state index in [0.29, 0.717) is 5.92 Å². The number of benzene rings is 1. The summed E-state index contributed by atoms with van der Waals surface area (Å²) in [5.74, 6) is 1.28. The van der Waals surface area contributed by atoms with E-state index in [4.69, 9.17) is 0 Å². The summed E-state index contributed by atoms with van der Waals surface area (Å²) in [5, 5.41) is 4.47. The van der Waals surface area contributed by atoms with Gasteiger partial charge >= 0.3 is 0 Å². The maximum atomic E-state index is 11.2. The quantitative estimate of drug-likeness (QED) is 0.880. The van der Waals surface area contributed by atoms with Crippen LogP contribution in [0.25, 0.3) is 10.4 Å². The van der Waals surface area contributed by atoms with Crippen molar-refractivity contribution in [1.29, 1.82) is 0 Å². The highest BCUT2D eigenvalue weighted by molar-refractivity contribution is 7.13. The van der Waals surface area contributed by atoms with Gasteiger partial charge in [0.25, 0.3) is 0 Å². The van der Waals surface area contributed by atoms with Crippen molar-refractivity contribution in [2.45, 2.75) is 18.8 Å². The molecule has 1 aromatic carbocycles. The van der Waals surface area contributed by atoms with E-state index in [1.807, 2.05) is 6.07 Å². The standard InChI is InChI=1S/C18H20N2OS/c21-12-13-3-4-15(16(10-13)18-2-1-9-22-18)17-11-19-20-7-5-14(17)6-8-20/h1-4,9-10,12,14,17,19H,5-8,11H2. The maximum absolute atomic E-state index is 11.2. The van der Waals surface area contributed by atoms with Crippen LogP contribution in [0.1, 0.15) is 34.7 Å². The molecule has 3 aliphatic heterocycles. The molecule has 4 heteroatoms. The Balaban J connectivity index is 1.79. The molecule has 2 bridgehead atoms. The minimum Gasteiger partial charge on any atom is -0.298 e. The Morgan fingerprint density at radius 1 is 1.23 bits per heavy atom.